The van der Waals surface area contributed by atoms with E-state index in [2.05, 4.69) is 0 Å². The molecule has 2 rings (SSSR count). The van der Waals surface area contributed by atoms with Crippen LogP contribution in [0.15, 0.2) is 42.5 Å². The number of nitrogens with two attached hydrogens (primary N) is 1. The maximum absolute atomic E-state index is 12.5. The highest BCUT2D eigenvalue weighted by molar-refractivity contribution is 6.01. The van der Waals surface area contributed by atoms with Crippen LogP contribution in [0.4, 0.5) is 5.69 Å². The van der Waals surface area contributed by atoms with Crippen LogP contribution in [0.25, 0.3) is 0 Å². The first kappa shape index (κ1) is 14.9. The second-order valence-electron chi connectivity index (χ2n) is 4.71. The molecular formula is C17H19NO3. The Morgan fingerprint density at radius 1 is 1.05 bits per heavy atom. The van der Waals surface area contributed by atoms with Gasteiger partial charge in [0, 0.05) is 12.1 Å². The Morgan fingerprint density at radius 2 is 1.67 bits per heavy atom. The van der Waals surface area contributed by atoms with Crippen molar-refractivity contribution in [2.75, 3.05) is 20.0 Å². The van der Waals surface area contributed by atoms with Gasteiger partial charge in [-0.3, -0.25) is 4.79 Å². The number of anilines is 1. The topological polar surface area (TPSA) is 61.5 Å². The van der Waals surface area contributed by atoms with Gasteiger partial charge in [-0.25, -0.2) is 0 Å². The van der Waals surface area contributed by atoms with Crippen LogP contribution >= 0.6 is 0 Å². The van der Waals surface area contributed by atoms with Gasteiger partial charge in [-0.1, -0.05) is 18.2 Å². The van der Waals surface area contributed by atoms with Crippen molar-refractivity contribution < 1.29 is 14.3 Å². The molecule has 0 atom stereocenters. The van der Waals surface area contributed by atoms with Crippen LogP contribution in [-0.4, -0.2) is 20.0 Å². The molecule has 0 spiro atoms. The molecule has 0 amide bonds. The van der Waals surface area contributed by atoms with Crippen molar-refractivity contribution in [3.63, 3.8) is 0 Å². The Balaban J connectivity index is 2.17. The Kier molecular flexibility index (Phi) is 4.82. The van der Waals surface area contributed by atoms with Crippen molar-refractivity contribution in [1.29, 1.82) is 0 Å². The molecule has 0 aliphatic rings. The van der Waals surface area contributed by atoms with E-state index in [0.717, 1.165) is 5.56 Å². The average molecular weight is 285 g/mol. The second kappa shape index (κ2) is 6.79. The van der Waals surface area contributed by atoms with Gasteiger partial charge >= 0.3 is 0 Å². The highest BCUT2D eigenvalue weighted by Crippen LogP contribution is 2.29. The normalized spacial score (nSPS) is 10.2. The number of ketones is 1. The van der Waals surface area contributed by atoms with E-state index >= 15 is 0 Å². The molecule has 0 fully saturated rings. The van der Waals surface area contributed by atoms with E-state index in [-0.39, 0.29) is 5.78 Å². The van der Waals surface area contributed by atoms with Gasteiger partial charge in [0.25, 0.3) is 0 Å². The molecule has 0 saturated heterocycles. The zero-order valence-electron chi connectivity index (χ0n) is 12.3. The van der Waals surface area contributed by atoms with Crippen LogP contribution in [0.2, 0.25) is 0 Å². The van der Waals surface area contributed by atoms with Crippen molar-refractivity contribution in [3.8, 4) is 11.5 Å². The Morgan fingerprint density at radius 3 is 2.24 bits per heavy atom. The van der Waals surface area contributed by atoms with Gasteiger partial charge in [-0.05, 0) is 36.2 Å². The van der Waals surface area contributed by atoms with E-state index in [1.807, 2.05) is 24.3 Å². The average Bonchev–Trinajstić information content (AvgIpc) is 2.51. The first-order valence-corrected chi connectivity index (χ1v) is 6.74. The predicted molar refractivity (Wildman–Crippen MR) is 83.1 cm³/mol. The summed E-state index contributed by atoms with van der Waals surface area (Å²) >= 11 is 0. The van der Waals surface area contributed by atoms with Gasteiger partial charge in [0.1, 0.15) is 17.1 Å². The van der Waals surface area contributed by atoms with Gasteiger partial charge < -0.3 is 15.2 Å². The number of hydrogen-bond acceptors (Lipinski definition) is 4. The van der Waals surface area contributed by atoms with E-state index in [0.29, 0.717) is 35.6 Å². The first-order valence-electron chi connectivity index (χ1n) is 6.74. The SMILES string of the molecule is COc1cccc(OC)c1C(=O)CCc1cccc(N)c1. The van der Waals surface area contributed by atoms with Crippen LogP contribution < -0.4 is 15.2 Å². The smallest absolute Gasteiger partial charge is 0.170 e. The maximum Gasteiger partial charge on any atom is 0.170 e. The monoisotopic (exact) mass is 285 g/mol. The van der Waals surface area contributed by atoms with Crippen molar-refractivity contribution in [2.45, 2.75) is 12.8 Å². The summed E-state index contributed by atoms with van der Waals surface area (Å²) in [6.07, 6.45) is 1.01. The number of ether oxygens (including phenoxy) is 2. The summed E-state index contributed by atoms with van der Waals surface area (Å²) in [7, 11) is 3.09. The van der Waals surface area contributed by atoms with Gasteiger partial charge in [-0.15, -0.1) is 0 Å². The molecule has 0 saturated carbocycles. The molecule has 4 nitrogen and oxygen atoms in total. The molecule has 0 bridgehead atoms. The molecule has 110 valence electrons. The third kappa shape index (κ3) is 3.54. The summed E-state index contributed by atoms with van der Waals surface area (Å²) in [4.78, 5) is 12.5. The molecule has 2 aromatic rings. The molecule has 0 heterocycles. The number of benzene rings is 2. The highest BCUT2D eigenvalue weighted by Gasteiger charge is 2.17. The summed E-state index contributed by atoms with van der Waals surface area (Å²) in [5.41, 5.74) is 7.98. The Hall–Kier alpha value is -2.49. The van der Waals surface area contributed by atoms with Crippen LogP contribution in [0.5, 0.6) is 11.5 Å². The zero-order chi connectivity index (χ0) is 15.2. The number of carbonyl (C=O) groups is 1. The van der Waals surface area contributed by atoms with Gasteiger partial charge in [0.05, 0.1) is 14.2 Å². The summed E-state index contributed by atoms with van der Waals surface area (Å²) < 4.78 is 10.5. The third-order valence-corrected chi connectivity index (χ3v) is 3.30. The molecule has 0 aliphatic heterocycles. The van der Waals surface area contributed by atoms with Gasteiger partial charge in [-0.2, -0.15) is 0 Å². The van der Waals surface area contributed by atoms with Crippen molar-refractivity contribution in [1.82, 2.24) is 0 Å². The Bertz CT molecular complexity index is 615. The van der Waals surface area contributed by atoms with Crippen LogP contribution in [-0.2, 0) is 6.42 Å². The van der Waals surface area contributed by atoms with E-state index in [4.69, 9.17) is 15.2 Å². The number of Topliss-reactive ketones (excluding diaryl/α,β-unsaturated/α-hetero) is 1. The molecular weight excluding hydrogens is 266 g/mol. The quantitative estimate of drug-likeness (QED) is 0.654. The lowest BCUT2D eigenvalue weighted by atomic mass is 10.0. The molecule has 2 aromatic carbocycles. The van der Waals surface area contributed by atoms with E-state index in [1.54, 1.807) is 32.4 Å². The molecule has 2 N–H and O–H groups in total. The lowest BCUT2D eigenvalue weighted by Crippen LogP contribution is -2.06. The summed E-state index contributed by atoms with van der Waals surface area (Å²) in [6.45, 7) is 0. The fraction of sp³-hybridized carbons (Fsp3) is 0.235. The zero-order valence-corrected chi connectivity index (χ0v) is 12.3. The minimum Gasteiger partial charge on any atom is -0.496 e. The molecule has 0 unspecified atom stereocenters. The summed E-state index contributed by atoms with van der Waals surface area (Å²) in [6, 6.07) is 12.9. The Labute approximate surface area is 124 Å². The van der Waals surface area contributed by atoms with Crippen LogP contribution in [0.1, 0.15) is 22.3 Å². The van der Waals surface area contributed by atoms with E-state index < -0.39 is 0 Å². The molecule has 0 aliphatic carbocycles. The van der Waals surface area contributed by atoms with Crippen LogP contribution in [0, 0.1) is 0 Å². The van der Waals surface area contributed by atoms with Gasteiger partial charge in [0.2, 0.25) is 0 Å². The minimum atomic E-state index is -0.00766. The standard InChI is InChI=1S/C17H19NO3/c1-20-15-7-4-8-16(21-2)17(15)14(19)10-9-12-5-3-6-13(18)11-12/h3-8,11H,9-10,18H2,1-2H3. The molecule has 4 heteroatoms. The lowest BCUT2D eigenvalue weighted by molar-refractivity contribution is 0.0976. The van der Waals surface area contributed by atoms with Crippen molar-refractivity contribution in [2.24, 2.45) is 0 Å². The fourth-order valence-corrected chi connectivity index (χ4v) is 2.26. The first-order chi connectivity index (χ1) is 10.2. The lowest BCUT2D eigenvalue weighted by Gasteiger charge is -2.12. The number of nitrogen functional groups attached to an aromatic ring is 1. The van der Waals surface area contributed by atoms with E-state index in [1.165, 1.54) is 0 Å². The number of methoxy groups -OCH3 is 2. The minimum absolute atomic E-state index is 0.00766. The number of aryl methyl sites for hydroxylation is 1. The third-order valence-electron chi connectivity index (χ3n) is 3.30. The summed E-state index contributed by atoms with van der Waals surface area (Å²) in [5, 5.41) is 0. The van der Waals surface area contributed by atoms with E-state index in [9.17, 15) is 4.79 Å². The van der Waals surface area contributed by atoms with Crippen LogP contribution in [0.3, 0.4) is 0 Å². The number of carbonyl (C=O) groups excluding carboxylic acids is 1. The maximum atomic E-state index is 12.5. The molecule has 0 radical (unpaired) electrons. The second-order valence-corrected chi connectivity index (χ2v) is 4.71. The van der Waals surface area contributed by atoms with Gasteiger partial charge in [0.15, 0.2) is 5.78 Å². The molecule has 0 aromatic heterocycles. The number of rotatable bonds is 6. The number of hydrogen-bond donors (Lipinski definition) is 1. The molecule has 21 heavy (non-hydrogen) atoms. The van der Waals surface area contributed by atoms with Crippen molar-refractivity contribution in [3.05, 3.63) is 53.6 Å². The largest absolute Gasteiger partial charge is 0.496 e. The fourth-order valence-electron chi connectivity index (χ4n) is 2.26. The predicted octanol–water partition coefficient (Wildman–Crippen LogP) is 3.10. The highest BCUT2D eigenvalue weighted by atomic mass is 16.5. The van der Waals surface area contributed by atoms with Crippen molar-refractivity contribution >= 4 is 11.5 Å². The summed E-state index contributed by atoms with van der Waals surface area (Å²) in [5.74, 6) is 1.06.